The average molecular weight is 513 g/mol. The molecule has 0 aliphatic carbocycles. The molecule has 0 saturated carbocycles. The lowest BCUT2D eigenvalue weighted by Gasteiger charge is -2.18. The molecular formula is C38H28N2. The van der Waals surface area contributed by atoms with Crippen LogP contribution >= 0.6 is 0 Å². The fourth-order valence-electron chi connectivity index (χ4n) is 5.69. The second-order valence-corrected chi connectivity index (χ2v) is 10.4. The Labute approximate surface area is 234 Å². The van der Waals surface area contributed by atoms with Gasteiger partial charge in [-0.15, -0.1) is 0 Å². The SMILES string of the molecule is Cc1ccc(-c2ccc(-c3c4ccccc4c(-c4ccc(-c5ccc(C)nc5)cc4)c4ccccc34)cc2)cn1. The molecular weight excluding hydrogens is 484 g/mol. The van der Waals surface area contributed by atoms with Gasteiger partial charge in [-0.2, -0.15) is 0 Å². The molecule has 2 aromatic heterocycles. The van der Waals surface area contributed by atoms with Crippen LogP contribution in [0, 0.1) is 13.8 Å². The maximum Gasteiger partial charge on any atom is 0.0373 e. The number of aromatic nitrogens is 2. The number of hydrogen-bond acceptors (Lipinski definition) is 2. The van der Waals surface area contributed by atoms with E-state index in [1.54, 1.807) is 0 Å². The highest BCUT2D eigenvalue weighted by Gasteiger charge is 2.16. The lowest BCUT2D eigenvalue weighted by atomic mass is 9.85. The van der Waals surface area contributed by atoms with Crippen LogP contribution in [0.5, 0.6) is 0 Å². The number of hydrogen-bond donors (Lipinski definition) is 0. The molecule has 0 saturated heterocycles. The summed E-state index contributed by atoms with van der Waals surface area (Å²) in [4.78, 5) is 8.96. The molecule has 0 unspecified atom stereocenters. The molecule has 0 aliphatic rings. The molecule has 190 valence electrons. The summed E-state index contributed by atoms with van der Waals surface area (Å²) < 4.78 is 0. The summed E-state index contributed by atoms with van der Waals surface area (Å²) in [5, 5.41) is 5.03. The van der Waals surface area contributed by atoms with Crippen molar-refractivity contribution in [2.24, 2.45) is 0 Å². The van der Waals surface area contributed by atoms with Gasteiger partial charge in [0.25, 0.3) is 0 Å². The van der Waals surface area contributed by atoms with E-state index in [9.17, 15) is 0 Å². The summed E-state index contributed by atoms with van der Waals surface area (Å²) >= 11 is 0. The topological polar surface area (TPSA) is 25.8 Å². The van der Waals surface area contributed by atoms with Crippen molar-refractivity contribution in [1.29, 1.82) is 0 Å². The zero-order valence-electron chi connectivity index (χ0n) is 22.6. The zero-order chi connectivity index (χ0) is 27.1. The van der Waals surface area contributed by atoms with Crippen LogP contribution in [0.15, 0.2) is 134 Å². The summed E-state index contributed by atoms with van der Waals surface area (Å²) in [6.45, 7) is 4.03. The summed E-state index contributed by atoms with van der Waals surface area (Å²) in [7, 11) is 0. The van der Waals surface area contributed by atoms with Gasteiger partial charge in [0.2, 0.25) is 0 Å². The molecule has 40 heavy (non-hydrogen) atoms. The van der Waals surface area contributed by atoms with Gasteiger partial charge in [-0.3, -0.25) is 9.97 Å². The van der Waals surface area contributed by atoms with Gasteiger partial charge in [0.05, 0.1) is 0 Å². The monoisotopic (exact) mass is 512 g/mol. The Balaban J connectivity index is 1.39. The molecule has 2 nitrogen and oxygen atoms in total. The van der Waals surface area contributed by atoms with Gasteiger partial charge in [0.1, 0.15) is 0 Å². The number of fused-ring (bicyclic) bond motifs is 2. The molecule has 0 radical (unpaired) electrons. The van der Waals surface area contributed by atoms with Gasteiger partial charge in [-0.25, -0.2) is 0 Å². The molecule has 7 rings (SSSR count). The first kappa shape index (κ1) is 24.0. The molecule has 0 bridgehead atoms. The first-order valence-electron chi connectivity index (χ1n) is 13.7. The minimum atomic E-state index is 1.03. The third-order valence-electron chi connectivity index (χ3n) is 7.77. The van der Waals surface area contributed by atoms with Gasteiger partial charge >= 0.3 is 0 Å². The molecule has 0 amide bonds. The molecule has 0 spiro atoms. The van der Waals surface area contributed by atoms with Crippen molar-refractivity contribution in [2.75, 3.05) is 0 Å². The fraction of sp³-hybridized carbons (Fsp3) is 0.0526. The normalized spacial score (nSPS) is 11.2. The summed E-state index contributed by atoms with van der Waals surface area (Å²) in [5.41, 5.74) is 11.6. The molecule has 0 N–H and O–H groups in total. The Hall–Kier alpha value is -5.08. The molecule has 2 heteroatoms. The van der Waals surface area contributed by atoms with Gasteiger partial charge in [0, 0.05) is 34.9 Å². The van der Waals surface area contributed by atoms with Crippen molar-refractivity contribution < 1.29 is 0 Å². The van der Waals surface area contributed by atoms with Gasteiger partial charge in [0.15, 0.2) is 0 Å². The number of nitrogens with zero attached hydrogens (tertiary/aromatic N) is 2. The zero-order valence-corrected chi connectivity index (χ0v) is 22.6. The predicted molar refractivity (Wildman–Crippen MR) is 168 cm³/mol. The largest absolute Gasteiger partial charge is 0.261 e. The minimum Gasteiger partial charge on any atom is -0.261 e. The van der Waals surface area contributed by atoms with Crippen molar-refractivity contribution in [3.63, 3.8) is 0 Å². The van der Waals surface area contributed by atoms with E-state index in [0.717, 1.165) is 22.5 Å². The maximum absolute atomic E-state index is 4.48. The number of benzene rings is 5. The van der Waals surface area contributed by atoms with E-state index in [2.05, 4.69) is 131 Å². The second-order valence-electron chi connectivity index (χ2n) is 10.4. The summed E-state index contributed by atoms with van der Waals surface area (Å²) in [6, 6.07) is 43.8. The molecule has 5 aromatic carbocycles. The van der Waals surface area contributed by atoms with E-state index in [1.165, 1.54) is 54.9 Å². The van der Waals surface area contributed by atoms with Crippen molar-refractivity contribution in [1.82, 2.24) is 9.97 Å². The van der Waals surface area contributed by atoms with E-state index >= 15 is 0 Å². The van der Waals surface area contributed by atoms with Crippen LogP contribution in [0.1, 0.15) is 11.4 Å². The average Bonchev–Trinajstić information content (AvgIpc) is 3.01. The van der Waals surface area contributed by atoms with Crippen molar-refractivity contribution >= 4 is 21.5 Å². The maximum atomic E-state index is 4.48. The molecule has 0 aliphatic heterocycles. The highest BCUT2D eigenvalue weighted by atomic mass is 14.7. The van der Waals surface area contributed by atoms with Crippen LogP contribution in [0.3, 0.4) is 0 Å². The van der Waals surface area contributed by atoms with Crippen molar-refractivity contribution in [2.45, 2.75) is 13.8 Å². The van der Waals surface area contributed by atoms with Crippen LogP contribution in [0.4, 0.5) is 0 Å². The Morgan fingerprint density at radius 3 is 0.925 bits per heavy atom. The number of rotatable bonds is 4. The van der Waals surface area contributed by atoms with E-state index in [4.69, 9.17) is 0 Å². The van der Waals surface area contributed by atoms with Crippen LogP contribution in [-0.2, 0) is 0 Å². The van der Waals surface area contributed by atoms with Crippen LogP contribution in [0.25, 0.3) is 66.1 Å². The summed E-state index contributed by atoms with van der Waals surface area (Å²) in [5.74, 6) is 0. The lowest BCUT2D eigenvalue weighted by molar-refractivity contribution is 1.20. The smallest absolute Gasteiger partial charge is 0.0373 e. The minimum absolute atomic E-state index is 1.03. The predicted octanol–water partition coefficient (Wildman–Crippen LogP) is 10.1. The molecule has 2 heterocycles. The van der Waals surface area contributed by atoms with Crippen molar-refractivity contribution in [3.05, 3.63) is 145 Å². The van der Waals surface area contributed by atoms with E-state index < -0.39 is 0 Å². The first-order chi connectivity index (χ1) is 19.7. The van der Waals surface area contributed by atoms with Crippen LogP contribution < -0.4 is 0 Å². The Kier molecular flexibility index (Phi) is 5.94. The highest BCUT2D eigenvalue weighted by molar-refractivity contribution is 6.21. The Morgan fingerprint density at radius 2 is 0.625 bits per heavy atom. The molecule has 7 aromatic rings. The first-order valence-corrected chi connectivity index (χ1v) is 13.7. The standard InChI is InChI=1S/C38H28N2/c1-25-11-13-31(23-39-25)27-15-19-29(20-16-27)37-33-7-3-5-9-35(33)38(36-10-6-4-8-34(36)37)30-21-17-28(18-22-30)32-14-12-26(2)40-24-32/h3-24H,1-2H3. The number of aryl methyl sites for hydroxylation is 2. The van der Waals surface area contributed by atoms with Gasteiger partial charge < -0.3 is 0 Å². The van der Waals surface area contributed by atoms with E-state index in [0.29, 0.717) is 0 Å². The Morgan fingerprint density at radius 1 is 0.325 bits per heavy atom. The Bertz CT molecular complexity index is 1760. The fourth-order valence-corrected chi connectivity index (χ4v) is 5.69. The molecule has 0 fully saturated rings. The molecule has 0 atom stereocenters. The van der Waals surface area contributed by atoms with E-state index in [-0.39, 0.29) is 0 Å². The van der Waals surface area contributed by atoms with Crippen LogP contribution in [-0.4, -0.2) is 9.97 Å². The third kappa shape index (κ3) is 4.24. The van der Waals surface area contributed by atoms with E-state index in [1.807, 2.05) is 26.2 Å². The van der Waals surface area contributed by atoms with Crippen LogP contribution in [0.2, 0.25) is 0 Å². The lowest BCUT2D eigenvalue weighted by Crippen LogP contribution is -1.91. The van der Waals surface area contributed by atoms with Gasteiger partial charge in [-0.05, 0) is 80.9 Å². The second kappa shape index (κ2) is 9.91. The quantitative estimate of drug-likeness (QED) is 0.219. The number of pyridine rings is 2. The summed E-state index contributed by atoms with van der Waals surface area (Å²) in [6.07, 6.45) is 3.90. The third-order valence-corrected chi connectivity index (χ3v) is 7.77. The van der Waals surface area contributed by atoms with Gasteiger partial charge in [-0.1, -0.05) is 109 Å². The highest BCUT2D eigenvalue weighted by Crippen LogP contribution is 2.44. The van der Waals surface area contributed by atoms with Crippen molar-refractivity contribution in [3.8, 4) is 44.5 Å².